The molecule has 2 heterocycles. The highest BCUT2D eigenvalue weighted by atomic mass is 16.6. The van der Waals surface area contributed by atoms with Crippen molar-refractivity contribution in [3.8, 4) is 0 Å². The monoisotopic (exact) mass is 180 g/mol. The second-order valence-corrected chi connectivity index (χ2v) is 3.85. The first-order chi connectivity index (χ1) is 6.29. The van der Waals surface area contributed by atoms with Crippen LogP contribution in [0.4, 0.5) is 0 Å². The van der Waals surface area contributed by atoms with Crippen LogP contribution in [-0.2, 0) is 4.84 Å². The molecule has 3 atom stereocenters. The third-order valence-corrected chi connectivity index (χ3v) is 2.80. The Balaban J connectivity index is 1.91. The Morgan fingerprint density at radius 1 is 1.77 bits per heavy atom. The Kier molecular flexibility index (Phi) is 2.36. The van der Waals surface area contributed by atoms with E-state index >= 15 is 0 Å². The van der Waals surface area contributed by atoms with Gasteiger partial charge in [-0.3, -0.25) is 4.90 Å². The highest BCUT2D eigenvalue weighted by Crippen LogP contribution is 2.25. The van der Waals surface area contributed by atoms with Crippen LogP contribution in [0.2, 0.25) is 0 Å². The van der Waals surface area contributed by atoms with E-state index in [4.69, 9.17) is 4.84 Å². The molecule has 0 spiro atoms. The molecule has 0 aromatic rings. The van der Waals surface area contributed by atoms with E-state index in [1.807, 2.05) is 6.92 Å². The lowest BCUT2D eigenvalue weighted by molar-refractivity contribution is 0.104. The molecule has 2 fully saturated rings. The number of piperidine rings is 1. The zero-order valence-electron chi connectivity index (χ0n) is 8.07. The van der Waals surface area contributed by atoms with Crippen molar-refractivity contribution in [2.75, 3.05) is 19.6 Å². The molecule has 0 aromatic carbocycles. The van der Waals surface area contributed by atoms with Crippen LogP contribution in [0.25, 0.3) is 0 Å². The van der Waals surface area contributed by atoms with E-state index in [0.29, 0.717) is 5.92 Å². The minimum absolute atomic E-state index is 0.0293. The predicted octanol–water partition coefficient (Wildman–Crippen LogP) is 1.27. The third kappa shape index (κ3) is 1.75. The molecule has 2 aliphatic rings. The fourth-order valence-corrected chi connectivity index (χ4v) is 1.90. The molecule has 0 saturated carbocycles. The van der Waals surface area contributed by atoms with Gasteiger partial charge in [-0.05, 0) is 26.0 Å². The molecule has 3 heteroatoms. The molecule has 0 aromatic heterocycles. The average Bonchev–Trinajstić information content (AvgIpc) is 2.74. The van der Waals surface area contributed by atoms with E-state index < -0.39 is 0 Å². The normalized spacial score (nSPS) is 36.5. The van der Waals surface area contributed by atoms with Crippen molar-refractivity contribution in [2.45, 2.75) is 19.4 Å². The van der Waals surface area contributed by atoms with Gasteiger partial charge in [0, 0.05) is 19.0 Å². The average molecular weight is 180 g/mol. The minimum atomic E-state index is 0.0293. The number of hydrogen-bond acceptors (Lipinski definition) is 3. The van der Waals surface area contributed by atoms with Crippen LogP contribution < -0.4 is 0 Å². The number of rotatable bonds is 3. The molecule has 0 N–H and O–H groups in total. The van der Waals surface area contributed by atoms with E-state index in [1.54, 1.807) is 6.08 Å². The summed E-state index contributed by atoms with van der Waals surface area (Å²) in [6.07, 6.45) is 3.05. The summed E-state index contributed by atoms with van der Waals surface area (Å²) in [5.74, 6) is 0.664. The van der Waals surface area contributed by atoms with Crippen molar-refractivity contribution < 1.29 is 4.84 Å². The largest absolute Gasteiger partial charge is 0.389 e. The van der Waals surface area contributed by atoms with Gasteiger partial charge in [0.1, 0.15) is 6.10 Å². The lowest BCUT2D eigenvalue weighted by Gasteiger charge is -2.13. The standard InChI is InChI=1S/C10H16N2O/c1-3-8(2)13-11-10-7-12-5-4-9(10)6-12/h3,8-9H,1,4-7H2,2H3. The van der Waals surface area contributed by atoms with Gasteiger partial charge in [-0.25, -0.2) is 0 Å². The Labute approximate surface area is 79.0 Å². The summed E-state index contributed by atoms with van der Waals surface area (Å²) in [5, 5.41) is 4.18. The summed E-state index contributed by atoms with van der Waals surface area (Å²) in [6.45, 7) is 9.03. The van der Waals surface area contributed by atoms with Crippen molar-refractivity contribution in [1.82, 2.24) is 4.90 Å². The van der Waals surface area contributed by atoms with E-state index in [0.717, 1.165) is 6.54 Å². The Hall–Kier alpha value is -0.830. The molecule has 3 unspecified atom stereocenters. The van der Waals surface area contributed by atoms with Crippen molar-refractivity contribution in [3.63, 3.8) is 0 Å². The molecule has 3 nitrogen and oxygen atoms in total. The Morgan fingerprint density at radius 3 is 3.15 bits per heavy atom. The SMILES string of the molecule is C=CC(C)ON=C1CN2CCC1C2. The van der Waals surface area contributed by atoms with Gasteiger partial charge >= 0.3 is 0 Å². The van der Waals surface area contributed by atoms with E-state index in [-0.39, 0.29) is 6.10 Å². The highest BCUT2D eigenvalue weighted by molar-refractivity contribution is 5.91. The van der Waals surface area contributed by atoms with E-state index in [1.165, 1.54) is 25.2 Å². The number of hydrogen-bond donors (Lipinski definition) is 0. The van der Waals surface area contributed by atoms with Gasteiger partial charge in [-0.2, -0.15) is 0 Å². The summed E-state index contributed by atoms with van der Waals surface area (Å²) in [7, 11) is 0. The fourth-order valence-electron chi connectivity index (χ4n) is 1.90. The van der Waals surface area contributed by atoms with E-state index in [9.17, 15) is 0 Å². The first kappa shape index (κ1) is 8.75. The molecular weight excluding hydrogens is 164 g/mol. The van der Waals surface area contributed by atoms with Crippen LogP contribution in [0, 0.1) is 5.92 Å². The molecule has 0 radical (unpaired) electrons. The molecule has 2 aliphatic heterocycles. The summed E-state index contributed by atoms with van der Waals surface area (Å²) in [6, 6.07) is 0. The number of fused-ring (bicyclic) bond motifs is 2. The maximum atomic E-state index is 5.27. The van der Waals surface area contributed by atoms with Gasteiger partial charge in [0.05, 0.1) is 5.71 Å². The van der Waals surface area contributed by atoms with Gasteiger partial charge in [0.15, 0.2) is 0 Å². The predicted molar refractivity (Wildman–Crippen MR) is 52.7 cm³/mol. The lowest BCUT2D eigenvalue weighted by Crippen LogP contribution is -2.23. The summed E-state index contributed by atoms with van der Waals surface area (Å²) < 4.78 is 0. The topological polar surface area (TPSA) is 24.8 Å². The zero-order valence-corrected chi connectivity index (χ0v) is 8.07. The summed E-state index contributed by atoms with van der Waals surface area (Å²) >= 11 is 0. The molecule has 2 bridgehead atoms. The number of nitrogens with zero attached hydrogens (tertiary/aromatic N) is 2. The molecule has 0 amide bonds. The van der Waals surface area contributed by atoms with Crippen LogP contribution >= 0.6 is 0 Å². The van der Waals surface area contributed by atoms with Crippen molar-refractivity contribution in [2.24, 2.45) is 11.1 Å². The maximum Gasteiger partial charge on any atom is 0.142 e. The smallest absolute Gasteiger partial charge is 0.142 e. The van der Waals surface area contributed by atoms with Gasteiger partial charge in [0.2, 0.25) is 0 Å². The zero-order chi connectivity index (χ0) is 9.26. The van der Waals surface area contributed by atoms with Crippen LogP contribution in [0.15, 0.2) is 17.8 Å². The lowest BCUT2D eigenvalue weighted by atomic mass is 10.0. The van der Waals surface area contributed by atoms with Gasteiger partial charge in [-0.15, -0.1) is 0 Å². The summed E-state index contributed by atoms with van der Waals surface area (Å²) in [5.41, 5.74) is 1.22. The second-order valence-electron chi connectivity index (χ2n) is 3.85. The molecular formula is C10H16N2O. The molecule has 2 rings (SSSR count). The van der Waals surface area contributed by atoms with Crippen LogP contribution in [0.3, 0.4) is 0 Å². The summed E-state index contributed by atoms with van der Waals surface area (Å²) in [4.78, 5) is 7.69. The molecule has 2 saturated heterocycles. The Bertz CT molecular complexity index is 237. The highest BCUT2D eigenvalue weighted by Gasteiger charge is 2.35. The minimum Gasteiger partial charge on any atom is -0.389 e. The molecule has 0 aliphatic carbocycles. The van der Waals surface area contributed by atoms with Crippen LogP contribution in [0.1, 0.15) is 13.3 Å². The van der Waals surface area contributed by atoms with Crippen molar-refractivity contribution in [3.05, 3.63) is 12.7 Å². The van der Waals surface area contributed by atoms with Gasteiger partial charge in [0.25, 0.3) is 0 Å². The van der Waals surface area contributed by atoms with Crippen molar-refractivity contribution in [1.29, 1.82) is 0 Å². The first-order valence-electron chi connectivity index (χ1n) is 4.87. The third-order valence-electron chi connectivity index (χ3n) is 2.80. The van der Waals surface area contributed by atoms with Crippen molar-refractivity contribution >= 4 is 5.71 Å². The first-order valence-corrected chi connectivity index (χ1v) is 4.87. The number of oxime groups is 1. The quantitative estimate of drug-likeness (QED) is 0.482. The van der Waals surface area contributed by atoms with E-state index in [2.05, 4.69) is 16.6 Å². The van der Waals surface area contributed by atoms with Gasteiger partial charge < -0.3 is 4.84 Å². The van der Waals surface area contributed by atoms with Crippen LogP contribution in [0.5, 0.6) is 0 Å². The van der Waals surface area contributed by atoms with Gasteiger partial charge in [-0.1, -0.05) is 11.7 Å². The molecule has 13 heavy (non-hydrogen) atoms. The van der Waals surface area contributed by atoms with Crippen LogP contribution in [-0.4, -0.2) is 36.3 Å². The Morgan fingerprint density at radius 2 is 2.62 bits per heavy atom. The molecule has 72 valence electrons. The fraction of sp³-hybridized carbons (Fsp3) is 0.700. The maximum absolute atomic E-state index is 5.27. The second kappa shape index (κ2) is 3.50.